The average Bonchev–Trinajstić information content (AvgIpc) is 3.05. The van der Waals surface area contributed by atoms with Crippen molar-refractivity contribution in [3.8, 4) is 0 Å². The second-order valence-corrected chi connectivity index (χ2v) is 6.46. The molecule has 0 atom stereocenters. The molecule has 0 bridgehead atoms. The molecule has 0 saturated carbocycles. The van der Waals surface area contributed by atoms with Gasteiger partial charge in [0.15, 0.2) is 0 Å². The van der Waals surface area contributed by atoms with E-state index in [2.05, 4.69) is 0 Å². The van der Waals surface area contributed by atoms with Crippen LogP contribution < -0.4 is 0 Å². The van der Waals surface area contributed by atoms with Crippen molar-refractivity contribution in [3.05, 3.63) is 0 Å². The first-order valence-electron chi connectivity index (χ1n) is 6.95. The predicted molar refractivity (Wildman–Crippen MR) is 92.7 cm³/mol. The van der Waals surface area contributed by atoms with Gasteiger partial charge in [-0.1, -0.05) is 0 Å². The fraction of sp³-hybridized carbons (Fsp3) is 1.00. The fourth-order valence-corrected chi connectivity index (χ4v) is 2.84. The number of hydrogen-bond acceptors (Lipinski definition) is 3. The lowest BCUT2D eigenvalue weighted by molar-refractivity contribution is 0.595. The van der Waals surface area contributed by atoms with Gasteiger partial charge < -0.3 is 0 Å². The Morgan fingerprint density at radius 3 is 0.571 bits per heavy atom. The van der Waals surface area contributed by atoms with E-state index in [-0.39, 0.29) is 14.1 Å². The smallest absolute Gasteiger partial charge is 0.00981 e. The zero-order valence-electron chi connectivity index (χ0n) is 12.3. The Morgan fingerprint density at radius 1 is 0.381 bits per heavy atom. The van der Waals surface area contributed by atoms with Crippen molar-refractivity contribution in [1.29, 1.82) is 0 Å². The monoisotopic (exact) mass is 366 g/mol. The summed E-state index contributed by atoms with van der Waals surface area (Å²) in [5.74, 6) is 0. The van der Waals surface area contributed by atoms with Crippen LogP contribution in [0.25, 0.3) is 0 Å². The fourth-order valence-electron chi connectivity index (χ4n) is 2.06. The Balaban J connectivity index is -0.000000216. The summed E-state index contributed by atoms with van der Waals surface area (Å²) in [6.45, 7) is 6.81. The molecule has 0 spiro atoms. The zero-order chi connectivity index (χ0) is 13.2. The highest BCUT2D eigenvalue weighted by Crippen LogP contribution is 2.08. The molecule has 3 radical (unpaired) electrons. The first-order valence-corrected chi connectivity index (χ1v) is 8.04. The van der Waals surface area contributed by atoms with Gasteiger partial charge in [0.05, 0.1) is 0 Å². The highest BCUT2D eigenvalue weighted by molar-refractivity contribution is 7.78. The van der Waals surface area contributed by atoms with Crippen LogP contribution in [0.1, 0.15) is 38.5 Å². The first-order chi connectivity index (χ1) is 8.68. The van der Waals surface area contributed by atoms with Crippen LogP contribution in [0, 0.1) is 0 Å². The highest BCUT2D eigenvalue weighted by Gasteiger charge is 2.06. The van der Waals surface area contributed by atoms with Crippen molar-refractivity contribution in [2.75, 3.05) is 39.3 Å². The summed E-state index contributed by atoms with van der Waals surface area (Å²) in [5, 5.41) is 0. The molecule has 3 rings (SSSR count). The molecule has 0 unspecified atom stereocenters. The summed E-state index contributed by atoms with van der Waals surface area (Å²) in [5.41, 5.74) is 0. The molecule has 129 valence electrons. The normalized spacial score (nSPS) is 21.9. The van der Waals surface area contributed by atoms with Gasteiger partial charge in [-0.15, -0.1) is 0 Å². The van der Waals surface area contributed by atoms with Gasteiger partial charge in [0, 0.05) is 77.7 Å². The Hall–Kier alpha value is 0.720. The summed E-state index contributed by atoms with van der Waals surface area (Å²) in [4.78, 5) is 0. The second kappa shape index (κ2) is 17.1. The van der Waals surface area contributed by atoms with E-state index in [1.54, 1.807) is 0 Å². The predicted octanol–water partition coefficient (Wildman–Crippen LogP) is 4.04. The van der Waals surface area contributed by atoms with E-state index in [4.69, 9.17) is 38.4 Å². The molecule has 0 aliphatic carbocycles. The lowest BCUT2D eigenvalue weighted by atomic mass is 10.4. The topological polar surface area (TPSA) is 9.72 Å². The molecule has 3 nitrogen and oxygen atoms in total. The van der Waals surface area contributed by atoms with Crippen LogP contribution in [0.15, 0.2) is 0 Å². The quantitative estimate of drug-likeness (QED) is 0.641. The van der Waals surface area contributed by atoms with Gasteiger partial charge >= 0.3 is 0 Å². The first kappa shape index (κ1) is 26.6. The van der Waals surface area contributed by atoms with Crippen LogP contribution in [-0.4, -0.2) is 52.2 Å². The van der Waals surface area contributed by atoms with Crippen molar-refractivity contribution in [2.45, 2.75) is 38.5 Å². The molecule has 3 aliphatic heterocycles. The molecule has 3 saturated heterocycles. The summed E-state index contributed by atoms with van der Waals surface area (Å²) in [6.07, 6.45) is 7.85. The summed E-state index contributed by atoms with van der Waals surface area (Å²) in [6, 6.07) is 0. The third-order valence-electron chi connectivity index (χ3n) is 3.20. The molecule has 0 aromatic carbocycles. The molecule has 21 heavy (non-hydrogen) atoms. The molecule has 0 amide bonds. The third-order valence-corrected chi connectivity index (χ3v) is 4.29. The van der Waals surface area contributed by atoms with Gasteiger partial charge in [-0.05, 0) is 38.5 Å². The van der Waals surface area contributed by atoms with Gasteiger partial charge in [-0.25, -0.2) is 12.9 Å². The lowest BCUT2D eigenvalue weighted by Gasteiger charge is -1.97. The molecule has 3 aliphatic rings. The Kier molecular flexibility index (Phi) is 21.6. The van der Waals surface area contributed by atoms with E-state index < -0.39 is 0 Å². The summed E-state index contributed by atoms with van der Waals surface area (Å²) < 4.78 is 5.83. The van der Waals surface area contributed by atoms with Crippen LogP contribution in [0.4, 0.5) is 14.1 Å². The third kappa shape index (κ3) is 15.4. The molecule has 0 aromatic heterocycles. The number of hydrogen-bond donors (Lipinski definition) is 0. The largest absolute Gasteiger partial charge is 0.269 e. The molecule has 0 N–H and O–H groups in total. The van der Waals surface area contributed by atoms with Crippen LogP contribution in [0.3, 0.4) is 0 Å². The number of rotatable bonds is 0. The van der Waals surface area contributed by atoms with Crippen LogP contribution >= 0.6 is 38.4 Å². The minimum atomic E-state index is 0. The second-order valence-electron chi connectivity index (χ2n) is 4.91. The van der Waals surface area contributed by atoms with Crippen LogP contribution in [0.2, 0.25) is 0 Å². The summed E-state index contributed by atoms with van der Waals surface area (Å²) >= 11 is 14.5. The van der Waals surface area contributed by atoms with Crippen molar-refractivity contribution >= 4 is 38.4 Å². The van der Waals surface area contributed by atoms with Crippen molar-refractivity contribution in [3.63, 3.8) is 0 Å². The van der Waals surface area contributed by atoms with Crippen molar-refractivity contribution in [2.24, 2.45) is 0 Å². The van der Waals surface area contributed by atoms with E-state index in [1.807, 2.05) is 12.9 Å². The Labute approximate surface area is 143 Å². The zero-order valence-corrected chi connectivity index (χ0v) is 14.7. The molecular weight excluding hydrogens is 339 g/mol. The van der Waals surface area contributed by atoms with Gasteiger partial charge in [0.25, 0.3) is 0 Å². The van der Waals surface area contributed by atoms with E-state index in [1.165, 1.54) is 38.5 Å². The van der Waals surface area contributed by atoms with Gasteiger partial charge in [-0.2, -0.15) is 0 Å². The molecule has 0 aromatic rings. The minimum absolute atomic E-state index is 0. The Morgan fingerprint density at radius 2 is 0.524 bits per heavy atom. The highest BCUT2D eigenvalue weighted by atomic mass is 32.1. The van der Waals surface area contributed by atoms with Crippen LogP contribution in [-0.2, 0) is 0 Å². The maximum Gasteiger partial charge on any atom is 0.00981 e. The van der Waals surface area contributed by atoms with E-state index in [0.29, 0.717) is 0 Å². The minimum Gasteiger partial charge on any atom is -0.269 e. The van der Waals surface area contributed by atoms with E-state index in [9.17, 15) is 0 Å². The lowest BCUT2D eigenvalue weighted by Crippen LogP contribution is -2.02. The molecular formula is C12H27F3N3S3. The maximum absolute atomic E-state index is 4.84. The van der Waals surface area contributed by atoms with Gasteiger partial charge in [0.1, 0.15) is 0 Å². The van der Waals surface area contributed by atoms with E-state index >= 15 is 0 Å². The Bertz CT molecular complexity index is 168. The number of nitrogens with zero attached hydrogens (tertiary/aromatic N) is 3. The average molecular weight is 367 g/mol. The standard InChI is InChI=1S/3C4H8NS.3FH/c3*6-5-3-1-2-4-5;;;/h3*1-4H2;3*1H. The molecule has 3 fully saturated rings. The molecule has 3 heterocycles. The van der Waals surface area contributed by atoms with Crippen molar-refractivity contribution in [1.82, 2.24) is 12.9 Å². The van der Waals surface area contributed by atoms with E-state index in [0.717, 1.165) is 39.3 Å². The maximum atomic E-state index is 4.84. The van der Waals surface area contributed by atoms with Crippen LogP contribution in [0.5, 0.6) is 0 Å². The molecule has 9 heteroatoms. The van der Waals surface area contributed by atoms with Crippen molar-refractivity contribution < 1.29 is 14.1 Å². The summed E-state index contributed by atoms with van der Waals surface area (Å²) in [7, 11) is 0. The van der Waals surface area contributed by atoms with Gasteiger partial charge in [0.2, 0.25) is 0 Å². The number of halogens is 3. The van der Waals surface area contributed by atoms with Gasteiger partial charge in [-0.3, -0.25) is 14.1 Å². The SMILES string of the molecule is F.F.F.[S]N1CCCC1.[S]N1CCCC1.[S]N1CCCC1.